The molecular weight excluding hydrogens is 413 g/mol. The Morgan fingerprint density at radius 1 is 0.935 bits per heavy atom. The molecule has 0 heterocycles. The van der Waals surface area contributed by atoms with Gasteiger partial charge in [-0.1, -0.05) is 48.5 Å². The highest BCUT2D eigenvalue weighted by atomic mass is 31.1. The maximum absolute atomic E-state index is 10.4. The summed E-state index contributed by atoms with van der Waals surface area (Å²) in [7, 11) is -1.34. The lowest BCUT2D eigenvalue weighted by atomic mass is 9.95. The Bertz CT molecular complexity index is 995. The Hall–Kier alpha value is -2.21. The first kappa shape index (κ1) is 23.5. The first-order valence-corrected chi connectivity index (χ1v) is 11.8. The molecular formula is C24H30NO5P. The van der Waals surface area contributed by atoms with Gasteiger partial charge in [-0.15, -0.1) is 0 Å². The molecule has 0 saturated heterocycles. The summed E-state index contributed by atoms with van der Waals surface area (Å²) >= 11 is 0. The van der Waals surface area contributed by atoms with Gasteiger partial charge in [0.15, 0.2) is 0 Å². The standard InChI is InChI=1S/C24H30NO5P/c1-28-22-10-6-8-19(17-22)7-2-3-9-20-13-14-21(24-12-5-4-11-23(20)24)18-25-15-16-29-30-31(26)27/h4-6,8,10-14,17,25,31H,2-3,7,9,15-16,18H2,1H3,(H,26,27). The third kappa shape index (κ3) is 7.46. The van der Waals surface area contributed by atoms with Crippen LogP contribution in [0, 0.1) is 0 Å². The van der Waals surface area contributed by atoms with E-state index in [1.54, 1.807) is 7.11 Å². The number of hydrogen-bond acceptors (Lipinski definition) is 5. The van der Waals surface area contributed by atoms with Crippen molar-refractivity contribution in [3.05, 3.63) is 77.4 Å². The van der Waals surface area contributed by atoms with Crippen molar-refractivity contribution in [2.75, 3.05) is 20.3 Å². The van der Waals surface area contributed by atoms with Crippen LogP contribution in [0.1, 0.15) is 29.5 Å². The summed E-state index contributed by atoms with van der Waals surface area (Å²) in [6.45, 7) is 1.42. The third-order valence-electron chi connectivity index (χ3n) is 5.21. The highest BCUT2D eigenvalue weighted by Gasteiger charge is 2.06. The van der Waals surface area contributed by atoms with E-state index < -0.39 is 8.25 Å². The van der Waals surface area contributed by atoms with E-state index in [1.165, 1.54) is 27.5 Å². The van der Waals surface area contributed by atoms with Crippen LogP contribution in [-0.2, 0) is 33.5 Å². The summed E-state index contributed by atoms with van der Waals surface area (Å²) < 4.78 is 20.0. The molecule has 7 heteroatoms. The maximum Gasteiger partial charge on any atom is 0.344 e. The molecule has 0 radical (unpaired) electrons. The minimum absolute atomic E-state index is 0.209. The Kier molecular flexibility index (Phi) is 9.53. The molecule has 3 rings (SSSR count). The van der Waals surface area contributed by atoms with Crippen LogP contribution in [0.2, 0.25) is 0 Å². The number of rotatable bonds is 13. The molecule has 166 valence electrons. The summed E-state index contributed by atoms with van der Waals surface area (Å²) in [5.74, 6) is 0.913. The molecule has 6 nitrogen and oxygen atoms in total. The number of hydrogen-bond donors (Lipinski definition) is 2. The van der Waals surface area contributed by atoms with Gasteiger partial charge >= 0.3 is 8.25 Å². The van der Waals surface area contributed by atoms with Crippen molar-refractivity contribution in [3.8, 4) is 5.75 Å². The number of nitrogens with one attached hydrogen (secondary N) is 1. The Balaban J connectivity index is 1.53. The van der Waals surface area contributed by atoms with E-state index >= 15 is 0 Å². The van der Waals surface area contributed by atoms with Crippen LogP contribution in [-0.4, -0.2) is 25.2 Å². The SMILES string of the molecule is COc1cccc(CCCCc2ccc(CNCCOO[PH](=O)O)c3ccccc23)c1. The minimum Gasteiger partial charge on any atom is -0.497 e. The molecule has 0 bridgehead atoms. The van der Waals surface area contributed by atoms with Crippen molar-refractivity contribution in [2.24, 2.45) is 0 Å². The predicted molar refractivity (Wildman–Crippen MR) is 124 cm³/mol. The van der Waals surface area contributed by atoms with Crippen LogP contribution in [0.15, 0.2) is 60.7 Å². The number of methoxy groups -OCH3 is 1. The van der Waals surface area contributed by atoms with Crippen molar-refractivity contribution in [3.63, 3.8) is 0 Å². The van der Waals surface area contributed by atoms with Crippen LogP contribution in [0.4, 0.5) is 0 Å². The van der Waals surface area contributed by atoms with Gasteiger partial charge < -0.3 is 14.9 Å². The van der Waals surface area contributed by atoms with Crippen molar-refractivity contribution in [2.45, 2.75) is 32.2 Å². The van der Waals surface area contributed by atoms with E-state index in [1.807, 2.05) is 12.1 Å². The van der Waals surface area contributed by atoms with Crippen LogP contribution in [0.5, 0.6) is 5.75 Å². The fourth-order valence-electron chi connectivity index (χ4n) is 3.70. The summed E-state index contributed by atoms with van der Waals surface area (Å²) in [4.78, 5) is 13.2. The Morgan fingerprint density at radius 2 is 1.68 bits per heavy atom. The highest BCUT2D eigenvalue weighted by molar-refractivity contribution is 7.31. The second-order valence-electron chi connectivity index (χ2n) is 7.34. The van der Waals surface area contributed by atoms with Gasteiger partial charge in [-0.3, -0.25) is 4.57 Å². The molecule has 0 aromatic heterocycles. The smallest absolute Gasteiger partial charge is 0.344 e. The lowest BCUT2D eigenvalue weighted by molar-refractivity contribution is -0.205. The molecule has 0 aliphatic carbocycles. The lowest BCUT2D eigenvalue weighted by Crippen LogP contribution is -2.19. The van der Waals surface area contributed by atoms with Gasteiger partial charge in [-0.25, -0.2) is 4.89 Å². The summed E-state index contributed by atoms with van der Waals surface area (Å²) in [5, 5.41) is 5.82. The first-order chi connectivity index (χ1) is 15.2. The number of fused-ring (bicyclic) bond motifs is 1. The molecule has 1 unspecified atom stereocenters. The highest BCUT2D eigenvalue weighted by Crippen LogP contribution is 2.25. The average molecular weight is 443 g/mol. The van der Waals surface area contributed by atoms with E-state index in [0.29, 0.717) is 13.1 Å². The molecule has 0 saturated carbocycles. The molecule has 0 amide bonds. The molecule has 3 aromatic carbocycles. The predicted octanol–water partition coefficient (Wildman–Crippen LogP) is 4.83. The van der Waals surface area contributed by atoms with Gasteiger partial charge in [0, 0.05) is 13.1 Å². The number of ether oxygens (including phenoxy) is 1. The topological polar surface area (TPSA) is 77.0 Å². The van der Waals surface area contributed by atoms with Crippen LogP contribution in [0.25, 0.3) is 10.8 Å². The zero-order valence-electron chi connectivity index (χ0n) is 17.8. The molecule has 3 aromatic rings. The fraction of sp³-hybridized carbons (Fsp3) is 0.333. The van der Waals surface area contributed by atoms with Crippen molar-refractivity contribution < 1.29 is 23.8 Å². The zero-order valence-corrected chi connectivity index (χ0v) is 18.8. The molecule has 2 N–H and O–H groups in total. The van der Waals surface area contributed by atoms with E-state index in [2.05, 4.69) is 63.4 Å². The lowest BCUT2D eigenvalue weighted by Gasteiger charge is -2.12. The van der Waals surface area contributed by atoms with Gasteiger partial charge in [-0.2, -0.15) is 4.67 Å². The van der Waals surface area contributed by atoms with E-state index in [4.69, 9.17) is 9.63 Å². The van der Waals surface area contributed by atoms with Gasteiger partial charge in [-0.05, 0) is 65.3 Å². The molecule has 0 aliphatic heterocycles. The zero-order chi connectivity index (χ0) is 21.9. The first-order valence-electron chi connectivity index (χ1n) is 10.5. The summed E-state index contributed by atoms with van der Waals surface area (Å²) in [6.07, 6.45) is 4.36. The van der Waals surface area contributed by atoms with E-state index in [9.17, 15) is 4.57 Å². The largest absolute Gasteiger partial charge is 0.497 e. The minimum atomic E-state index is -3.04. The fourth-order valence-corrected chi connectivity index (χ4v) is 3.88. The van der Waals surface area contributed by atoms with E-state index in [0.717, 1.165) is 31.4 Å². The number of benzene rings is 3. The third-order valence-corrected chi connectivity index (χ3v) is 5.47. The summed E-state index contributed by atoms with van der Waals surface area (Å²) in [5.41, 5.74) is 3.90. The van der Waals surface area contributed by atoms with Gasteiger partial charge in [0.25, 0.3) is 0 Å². The Labute approximate surface area is 184 Å². The van der Waals surface area contributed by atoms with Gasteiger partial charge in [0.1, 0.15) is 5.75 Å². The quantitative estimate of drug-likeness (QED) is 0.171. The summed E-state index contributed by atoms with van der Waals surface area (Å²) in [6, 6.07) is 21.2. The second-order valence-corrected chi connectivity index (χ2v) is 8.03. The molecule has 1 atom stereocenters. The molecule has 31 heavy (non-hydrogen) atoms. The van der Waals surface area contributed by atoms with Crippen LogP contribution < -0.4 is 10.1 Å². The van der Waals surface area contributed by atoms with Crippen molar-refractivity contribution >= 4 is 19.0 Å². The molecule has 0 spiro atoms. The van der Waals surface area contributed by atoms with Crippen LogP contribution >= 0.6 is 8.25 Å². The van der Waals surface area contributed by atoms with Crippen LogP contribution in [0.3, 0.4) is 0 Å². The molecule has 0 aliphatic rings. The monoisotopic (exact) mass is 443 g/mol. The van der Waals surface area contributed by atoms with E-state index in [-0.39, 0.29) is 6.61 Å². The van der Waals surface area contributed by atoms with Crippen molar-refractivity contribution in [1.29, 1.82) is 0 Å². The maximum atomic E-state index is 10.4. The average Bonchev–Trinajstić information content (AvgIpc) is 2.79. The number of aryl methyl sites for hydroxylation is 2. The second kappa shape index (κ2) is 12.6. The number of unbranched alkanes of at least 4 members (excludes halogenated alkanes) is 1. The molecule has 0 fully saturated rings. The van der Waals surface area contributed by atoms with Crippen molar-refractivity contribution in [1.82, 2.24) is 5.32 Å². The van der Waals surface area contributed by atoms with Gasteiger partial charge in [0.2, 0.25) is 0 Å². The normalized spacial score (nSPS) is 12.2. The van der Waals surface area contributed by atoms with Gasteiger partial charge in [0.05, 0.1) is 13.7 Å². The Morgan fingerprint density at radius 3 is 2.45 bits per heavy atom.